The van der Waals surface area contributed by atoms with Crippen molar-refractivity contribution in [3.63, 3.8) is 0 Å². The monoisotopic (exact) mass is 269 g/mol. The summed E-state index contributed by atoms with van der Waals surface area (Å²) >= 11 is 6.26. The number of halogens is 1. The molecule has 0 radical (unpaired) electrons. The number of benzene rings is 1. The maximum Gasteiger partial charge on any atom is 0.159 e. The van der Waals surface area contributed by atoms with Gasteiger partial charge in [0.05, 0.1) is 13.2 Å². The Hall–Kier alpha value is -0.610. The molecule has 1 fully saturated rings. The maximum atomic E-state index is 6.26. The van der Waals surface area contributed by atoms with E-state index in [0.29, 0.717) is 13.2 Å². The van der Waals surface area contributed by atoms with Crippen molar-refractivity contribution < 1.29 is 9.47 Å². The number of hydrogen-bond donors (Lipinski definition) is 1. The minimum Gasteiger partial charge on any atom is -0.350 e. The molecule has 1 aliphatic rings. The van der Waals surface area contributed by atoms with Crippen LogP contribution >= 0.6 is 11.6 Å². The summed E-state index contributed by atoms with van der Waals surface area (Å²) in [6.07, 6.45) is 1.77. The highest BCUT2D eigenvalue weighted by atomic mass is 35.5. The van der Waals surface area contributed by atoms with Gasteiger partial charge in [0.25, 0.3) is 0 Å². The molecule has 1 aliphatic heterocycles. The van der Waals surface area contributed by atoms with Gasteiger partial charge < -0.3 is 14.8 Å². The molecule has 4 heteroatoms. The molecule has 0 saturated carbocycles. The largest absolute Gasteiger partial charge is 0.350 e. The first kappa shape index (κ1) is 13.8. The third-order valence-corrected chi connectivity index (χ3v) is 3.38. The van der Waals surface area contributed by atoms with E-state index in [1.54, 1.807) is 0 Å². The average molecular weight is 270 g/mol. The molecule has 3 nitrogen and oxygen atoms in total. The van der Waals surface area contributed by atoms with E-state index >= 15 is 0 Å². The molecular formula is C14H20ClNO2. The van der Waals surface area contributed by atoms with E-state index in [0.717, 1.165) is 30.0 Å². The van der Waals surface area contributed by atoms with Gasteiger partial charge in [-0.3, -0.25) is 0 Å². The Morgan fingerprint density at radius 3 is 2.72 bits per heavy atom. The SMILES string of the molecule is CCCNC(CC1OCCO1)c1ccccc1Cl. The fourth-order valence-corrected chi connectivity index (χ4v) is 2.40. The molecule has 1 heterocycles. The lowest BCUT2D eigenvalue weighted by Gasteiger charge is -2.22. The molecule has 1 saturated heterocycles. The summed E-state index contributed by atoms with van der Waals surface area (Å²) in [4.78, 5) is 0. The van der Waals surface area contributed by atoms with E-state index < -0.39 is 0 Å². The summed E-state index contributed by atoms with van der Waals surface area (Å²) in [6.45, 7) is 4.49. The van der Waals surface area contributed by atoms with E-state index in [4.69, 9.17) is 21.1 Å². The second kappa shape index (κ2) is 7.10. The lowest BCUT2D eigenvalue weighted by Crippen LogP contribution is -2.27. The van der Waals surface area contributed by atoms with E-state index in [-0.39, 0.29) is 12.3 Å². The van der Waals surface area contributed by atoms with E-state index in [2.05, 4.69) is 18.3 Å². The molecule has 0 bridgehead atoms. The van der Waals surface area contributed by atoms with Crippen LogP contribution in [0.3, 0.4) is 0 Å². The van der Waals surface area contributed by atoms with Gasteiger partial charge >= 0.3 is 0 Å². The topological polar surface area (TPSA) is 30.5 Å². The van der Waals surface area contributed by atoms with E-state index in [1.807, 2.05) is 18.2 Å². The van der Waals surface area contributed by atoms with Gasteiger partial charge in [-0.25, -0.2) is 0 Å². The first-order valence-corrected chi connectivity index (χ1v) is 6.90. The fourth-order valence-electron chi connectivity index (χ4n) is 2.13. The normalized spacial score (nSPS) is 18.1. The van der Waals surface area contributed by atoms with Crippen molar-refractivity contribution in [2.45, 2.75) is 32.1 Å². The van der Waals surface area contributed by atoms with Crippen LogP contribution in [0.4, 0.5) is 0 Å². The molecule has 2 rings (SSSR count). The lowest BCUT2D eigenvalue weighted by molar-refractivity contribution is -0.0529. The highest BCUT2D eigenvalue weighted by Crippen LogP contribution is 2.27. The van der Waals surface area contributed by atoms with Gasteiger partial charge in [-0.15, -0.1) is 0 Å². The Morgan fingerprint density at radius 1 is 1.33 bits per heavy atom. The molecule has 1 aromatic rings. The zero-order valence-corrected chi connectivity index (χ0v) is 11.5. The third kappa shape index (κ3) is 3.69. The molecule has 1 unspecified atom stereocenters. The van der Waals surface area contributed by atoms with Crippen molar-refractivity contribution in [1.29, 1.82) is 0 Å². The zero-order valence-electron chi connectivity index (χ0n) is 10.7. The standard InChI is InChI=1S/C14H20ClNO2/c1-2-7-16-13(10-14-17-8-9-18-14)11-5-3-4-6-12(11)15/h3-6,13-14,16H,2,7-10H2,1H3. The molecule has 100 valence electrons. The Kier molecular flexibility index (Phi) is 5.45. The minimum atomic E-state index is -0.115. The van der Waals surface area contributed by atoms with Gasteiger partial charge in [0.15, 0.2) is 6.29 Å². The van der Waals surface area contributed by atoms with Gasteiger partial charge in [-0.05, 0) is 24.6 Å². The van der Waals surface area contributed by atoms with Crippen molar-refractivity contribution in [1.82, 2.24) is 5.32 Å². The van der Waals surface area contributed by atoms with Crippen LogP contribution in [0, 0.1) is 0 Å². The molecule has 1 aromatic carbocycles. The number of ether oxygens (including phenoxy) is 2. The van der Waals surface area contributed by atoms with E-state index in [9.17, 15) is 0 Å². The van der Waals surface area contributed by atoms with Gasteiger partial charge in [-0.2, -0.15) is 0 Å². The third-order valence-electron chi connectivity index (χ3n) is 3.04. The quantitative estimate of drug-likeness (QED) is 0.861. The Morgan fingerprint density at radius 2 is 2.06 bits per heavy atom. The van der Waals surface area contributed by atoms with Crippen molar-refractivity contribution in [3.05, 3.63) is 34.9 Å². The van der Waals surface area contributed by atoms with Gasteiger partial charge in [0.1, 0.15) is 0 Å². The molecule has 1 atom stereocenters. The van der Waals surface area contributed by atoms with Gasteiger partial charge in [-0.1, -0.05) is 36.7 Å². The molecule has 18 heavy (non-hydrogen) atoms. The summed E-state index contributed by atoms with van der Waals surface area (Å²) < 4.78 is 11.0. The average Bonchev–Trinajstić information content (AvgIpc) is 2.88. The van der Waals surface area contributed by atoms with Crippen LogP contribution in [0.1, 0.15) is 31.4 Å². The van der Waals surface area contributed by atoms with Crippen molar-refractivity contribution >= 4 is 11.6 Å². The predicted octanol–water partition coefficient (Wildman–Crippen LogP) is 3.14. The maximum absolute atomic E-state index is 6.26. The van der Waals surface area contributed by atoms with Crippen molar-refractivity contribution in [3.8, 4) is 0 Å². The predicted molar refractivity (Wildman–Crippen MR) is 72.8 cm³/mol. The molecule has 1 N–H and O–H groups in total. The van der Waals surface area contributed by atoms with Crippen molar-refractivity contribution in [2.75, 3.05) is 19.8 Å². The molecule has 0 aromatic heterocycles. The second-order valence-corrected chi connectivity index (χ2v) is 4.84. The smallest absolute Gasteiger partial charge is 0.159 e. The first-order chi connectivity index (χ1) is 8.81. The highest BCUT2D eigenvalue weighted by molar-refractivity contribution is 6.31. The fraction of sp³-hybridized carbons (Fsp3) is 0.571. The molecule has 0 amide bonds. The summed E-state index contributed by atoms with van der Waals surface area (Å²) in [6, 6.07) is 8.13. The lowest BCUT2D eigenvalue weighted by atomic mass is 10.0. The number of hydrogen-bond acceptors (Lipinski definition) is 3. The summed E-state index contributed by atoms with van der Waals surface area (Å²) in [5, 5.41) is 4.30. The molecule has 0 aliphatic carbocycles. The number of nitrogens with one attached hydrogen (secondary N) is 1. The zero-order chi connectivity index (χ0) is 12.8. The summed E-state index contributed by atoms with van der Waals surface area (Å²) in [5.74, 6) is 0. The summed E-state index contributed by atoms with van der Waals surface area (Å²) in [7, 11) is 0. The minimum absolute atomic E-state index is 0.115. The van der Waals surface area contributed by atoms with E-state index in [1.165, 1.54) is 0 Å². The Balaban J connectivity index is 2.06. The van der Waals surface area contributed by atoms with Crippen LogP contribution in [0.2, 0.25) is 5.02 Å². The second-order valence-electron chi connectivity index (χ2n) is 4.44. The first-order valence-electron chi connectivity index (χ1n) is 6.52. The highest BCUT2D eigenvalue weighted by Gasteiger charge is 2.23. The molecular weight excluding hydrogens is 250 g/mol. The number of rotatable bonds is 6. The Bertz CT molecular complexity index is 367. The van der Waals surface area contributed by atoms with Crippen LogP contribution in [0.15, 0.2) is 24.3 Å². The summed E-state index contributed by atoms with van der Waals surface area (Å²) in [5.41, 5.74) is 1.12. The van der Waals surface area contributed by atoms with Gasteiger partial charge in [0.2, 0.25) is 0 Å². The molecule has 0 spiro atoms. The van der Waals surface area contributed by atoms with Gasteiger partial charge in [0, 0.05) is 17.5 Å². The Labute approximate surface area is 113 Å². The van der Waals surface area contributed by atoms with Crippen LogP contribution in [0.25, 0.3) is 0 Å². The van der Waals surface area contributed by atoms with Crippen LogP contribution in [-0.4, -0.2) is 26.0 Å². The van der Waals surface area contributed by atoms with Crippen LogP contribution in [-0.2, 0) is 9.47 Å². The van der Waals surface area contributed by atoms with Crippen LogP contribution in [0.5, 0.6) is 0 Å². The van der Waals surface area contributed by atoms with Crippen molar-refractivity contribution in [2.24, 2.45) is 0 Å². The van der Waals surface area contributed by atoms with Crippen LogP contribution < -0.4 is 5.32 Å².